The van der Waals surface area contributed by atoms with Crippen LogP contribution in [0.1, 0.15) is 48.1 Å². The molecule has 6 heteroatoms. The highest BCUT2D eigenvalue weighted by Crippen LogP contribution is 2.30. The smallest absolute Gasteiger partial charge is 0.298 e. The summed E-state index contributed by atoms with van der Waals surface area (Å²) in [6.07, 6.45) is 2.03. The van der Waals surface area contributed by atoms with Crippen LogP contribution in [0.4, 0.5) is 0 Å². The molecule has 0 saturated heterocycles. The number of ketones is 1. The zero-order chi connectivity index (χ0) is 19.9. The second-order valence-electron chi connectivity index (χ2n) is 8.14. The Labute approximate surface area is 163 Å². The van der Waals surface area contributed by atoms with Crippen molar-refractivity contribution in [3.8, 4) is 11.3 Å². The Morgan fingerprint density at radius 2 is 1.89 bits per heavy atom. The monoisotopic (exact) mass is 377 g/mol. The number of aromatic amines is 1. The molecular formula is C22H23N3O3. The lowest BCUT2D eigenvalue weighted by molar-refractivity contribution is -0.127. The van der Waals surface area contributed by atoms with E-state index in [1.165, 1.54) is 17.9 Å². The highest BCUT2D eigenvalue weighted by Gasteiger charge is 2.30. The minimum absolute atomic E-state index is 0.0704. The number of furan rings is 1. The van der Waals surface area contributed by atoms with Crippen LogP contribution in [0.3, 0.4) is 0 Å². The number of benzene rings is 1. The molecule has 0 atom stereocenters. The molecule has 1 aliphatic rings. The molecule has 2 aromatic heterocycles. The van der Waals surface area contributed by atoms with Gasteiger partial charge in [0.05, 0.1) is 18.5 Å². The van der Waals surface area contributed by atoms with E-state index in [1.807, 2.05) is 0 Å². The summed E-state index contributed by atoms with van der Waals surface area (Å²) in [5.41, 5.74) is 5.15. The maximum absolute atomic E-state index is 12.6. The first kappa shape index (κ1) is 18.2. The number of carbonyl (C=O) groups is 2. The standard InChI is InChI=1S/C22H23N3O3/c1-22(2,3)15-8-6-14(7-9-15)19-16-13-25(11-10-17(16)23-24-19)21(27)20(26)18-5-4-12-28-18/h4-9,12H,10-11,13H2,1-3H3,(H,23,24). The first-order chi connectivity index (χ1) is 13.3. The van der Waals surface area contributed by atoms with Crippen LogP contribution in [-0.2, 0) is 23.2 Å². The number of aromatic nitrogens is 2. The van der Waals surface area contributed by atoms with Crippen LogP contribution in [0.25, 0.3) is 11.3 Å². The number of nitrogens with zero attached hydrogens (tertiary/aromatic N) is 2. The third-order valence-electron chi connectivity index (χ3n) is 5.18. The van der Waals surface area contributed by atoms with Gasteiger partial charge in [-0.25, -0.2) is 0 Å². The zero-order valence-electron chi connectivity index (χ0n) is 16.3. The summed E-state index contributed by atoms with van der Waals surface area (Å²) < 4.78 is 5.08. The van der Waals surface area contributed by atoms with E-state index in [0.29, 0.717) is 19.5 Å². The van der Waals surface area contributed by atoms with Gasteiger partial charge >= 0.3 is 0 Å². The van der Waals surface area contributed by atoms with Crippen LogP contribution in [0.15, 0.2) is 47.1 Å². The van der Waals surface area contributed by atoms with Gasteiger partial charge in [0.15, 0.2) is 5.76 Å². The Balaban J connectivity index is 1.58. The molecule has 0 spiro atoms. The summed E-state index contributed by atoms with van der Waals surface area (Å²) in [6, 6.07) is 11.5. The number of Topliss-reactive ketones (excluding diaryl/α,β-unsaturated/α-hetero) is 1. The number of fused-ring (bicyclic) bond motifs is 1. The summed E-state index contributed by atoms with van der Waals surface area (Å²) >= 11 is 0. The van der Waals surface area contributed by atoms with Crippen molar-refractivity contribution in [1.82, 2.24) is 15.1 Å². The highest BCUT2D eigenvalue weighted by molar-refractivity contribution is 6.41. The van der Waals surface area contributed by atoms with E-state index in [2.05, 4.69) is 55.2 Å². The Morgan fingerprint density at radius 1 is 1.14 bits per heavy atom. The largest absolute Gasteiger partial charge is 0.461 e. The maximum atomic E-state index is 12.6. The van der Waals surface area contributed by atoms with Crippen LogP contribution in [-0.4, -0.2) is 33.3 Å². The minimum atomic E-state index is -0.618. The van der Waals surface area contributed by atoms with Crippen molar-refractivity contribution in [2.75, 3.05) is 6.54 Å². The van der Waals surface area contributed by atoms with E-state index in [-0.39, 0.29) is 11.2 Å². The fraction of sp³-hybridized carbons (Fsp3) is 0.318. The van der Waals surface area contributed by atoms with Crippen LogP contribution in [0.5, 0.6) is 0 Å². The number of carbonyl (C=O) groups excluding carboxylic acids is 2. The molecule has 0 saturated carbocycles. The molecule has 0 aliphatic carbocycles. The van der Waals surface area contributed by atoms with Crippen molar-refractivity contribution in [2.45, 2.75) is 39.2 Å². The van der Waals surface area contributed by atoms with Gasteiger partial charge in [-0.1, -0.05) is 45.0 Å². The van der Waals surface area contributed by atoms with Crippen LogP contribution < -0.4 is 0 Å². The van der Waals surface area contributed by atoms with E-state index in [1.54, 1.807) is 11.0 Å². The van der Waals surface area contributed by atoms with Crippen molar-refractivity contribution in [3.63, 3.8) is 0 Å². The number of amides is 1. The lowest BCUT2D eigenvalue weighted by atomic mass is 9.86. The van der Waals surface area contributed by atoms with Crippen LogP contribution in [0.2, 0.25) is 0 Å². The number of hydrogen-bond donors (Lipinski definition) is 1. The molecule has 1 aliphatic heterocycles. The number of rotatable bonds is 3. The normalized spacial score (nSPS) is 14.0. The second kappa shape index (κ2) is 6.78. The van der Waals surface area contributed by atoms with Gasteiger partial charge in [0, 0.05) is 29.8 Å². The predicted molar refractivity (Wildman–Crippen MR) is 105 cm³/mol. The van der Waals surface area contributed by atoms with E-state index >= 15 is 0 Å². The molecule has 0 bridgehead atoms. The Hall–Kier alpha value is -3.15. The Morgan fingerprint density at radius 3 is 2.54 bits per heavy atom. The molecule has 144 valence electrons. The Bertz CT molecular complexity index is 1010. The van der Waals surface area contributed by atoms with Gasteiger partial charge in [0.25, 0.3) is 11.7 Å². The first-order valence-corrected chi connectivity index (χ1v) is 9.39. The summed E-state index contributed by atoms with van der Waals surface area (Å²) in [5, 5.41) is 7.58. The summed E-state index contributed by atoms with van der Waals surface area (Å²) in [5.74, 6) is -1.09. The fourth-order valence-electron chi connectivity index (χ4n) is 3.49. The van der Waals surface area contributed by atoms with E-state index < -0.39 is 11.7 Å². The summed E-state index contributed by atoms with van der Waals surface area (Å²) in [7, 11) is 0. The van der Waals surface area contributed by atoms with E-state index in [0.717, 1.165) is 22.5 Å². The average molecular weight is 377 g/mol. The van der Waals surface area contributed by atoms with Gasteiger partial charge < -0.3 is 9.32 Å². The molecular weight excluding hydrogens is 354 g/mol. The molecule has 0 fully saturated rings. The summed E-state index contributed by atoms with van der Waals surface area (Å²) in [6.45, 7) is 7.37. The molecule has 1 aromatic carbocycles. The SMILES string of the molecule is CC(C)(C)c1ccc(-c2n[nH]c3c2CN(C(=O)C(=O)c2ccco2)CC3)cc1. The molecule has 3 aromatic rings. The van der Waals surface area contributed by atoms with Gasteiger partial charge in [-0.15, -0.1) is 0 Å². The summed E-state index contributed by atoms with van der Waals surface area (Å²) in [4.78, 5) is 26.5. The number of hydrogen-bond acceptors (Lipinski definition) is 4. The number of H-pyrrole nitrogens is 1. The van der Waals surface area contributed by atoms with Crippen LogP contribution in [0, 0.1) is 0 Å². The Kier molecular flexibility index (Phi) is 4.41. The molecule has 3 heterocycles. The number of nitrogens with one attached hydrogen (secondary N) is 1. The minimum Gasteiger partial charge on any atom is -0.461 e. The van der Waals surface area contributed by atoms with E-state index in [9.17, 15) is 9.59 Å². The van der Waals surface area contributed by atoms with Gasteiger partial charge in [0.1, 0.15) is 0 Å². The molecule has 6 nitrogen and oxygen atoms in total. The fourth-order valence-corrected chi connectivity index (χ4v) is 3.49. The maximum Gasteiger partial charge on any atom is 0.298 e. The topological polar surface area (TPSA) is 79.2 Å². The molecule has 0 radical (unpaired) electrons. The highest BCUT2D eigenvalue weighted by atomic mass is 16.3. The van der Waals surface area contributed by atoms with Crippen molar-refractivity contribution in [3.05, 3.63) is 65.2 Å². The molecule has 0 unspecified atom stereocenters. The molecule has 4 rings (SSSR count). The van der Waals surface area contributed by atoms with Gasteiger partial charge in [-0.05, 0) is 23.1 Å². The van der Waals surface area contributed by atoms with Gasteiger partial charge in [-0.3, -0.25) is 14.7 Å². The van der Waals surface area contributed by atoms with Crippen molar-refractivity contribution in [1.29, 1.82) is 0 Å². The molecule has 1 N–H and O–H groups in total. The van der Waals surface area contributed by atoms with E-state index in [4.69, 9.17) is 4.42 Å². The van der Waals surface area contributed by atoms with Crippen molar-refractivity contribution < 1.29 is 14.0 Å². The van der Waals surface area contributed by atoms with Crippen molar-refractivity contribution >= 4 is 11.7 Å². The first-order valence-electron chi connectivity index (χ1n) is 9.39. The predicted octanol–water partition coefficient (Wildman–Crippen LogP) is 3.73. The zero-order valence-corrected chi connectivity index (χ0v) is 16.3. The van der Waals surface area contributed by atoms with Gasteiger partial charge in [0.2, 0.25) is 0 Å². The van der Waals surface area contributed by atoms with Crippen LogP contribution >= 0.6 is 0 Å². The van der Waals surface area contributed by atoms with Crippen molar-refractivity contribution in [2.24, 2.45) is 0 Å². The van der Waals surface area contributed by atoms with Gasteiger partial charge in [-0.2, -0.15) is 5.10 Å². The third kappa shape index (κ3) is 3.26. The average Bonchev–Trinajstić information content (AvgIpc) is 3.35. The molecule has 28 heavy (non-hydrogen) atoms. The second-order valence-corrected chi connectivity index (χ2v) is 8.14. The lowest BCUT2D eigenvalue weighted by Gasteiger charge is -2.26. The lowest BCUT2D eigenvalue weighted by Crippen LogP contribution is -2.40. The third-order valence-corrected chi connectivity index (χ3v) is 5.18. The molecule has 1 amide bonds. The quantitative estimate of drug-likeness (QED) is 0.557.